The number of benzene rings is 2. The summed E-state index contributed by atoms with van der Waals surface area (Å²) in [5, 5.41) is 11.2. The third-order valence-corrected chi connectivity index (χ3v) is 6.60. The molecular formula is C32H47N5O5. The fourth-order valence-corrected chi connectivity index (χ4v) is 4.43. The highest BCUT2D eigenvalue weighted by Gasteiger charge is 2.36. The lowest BCUT2D eigenvalue weighted by atomic mass is 9.91. The van der Waals surface area contributed by atoms with Crippen LogP contribution in [0.5, 0.6) is 0 Å². The number of nitrogens with two attached hydrogens (primary N) is 1. The molecule has 10 nitrogen and oxygen atoms in total. The number of nitrogens with one attached hydrogen (secondary N) is 4. The van der Waals surface area contributed by atoms with Crippen molar-refractivity contribution in [2.24, 2.45) is 5.73 Å². The number of primary amides is 1. The smallest absolute Gasteiger partial charge is 0.408 e. The van der Waals surface area contributed by atoms with Gasteiger partial charge < -0.3 is 26.4 Å². The third kappa shape index (κ3) is 13.6. The predicted octanol–water partition coefficient (Wildman–Crippen LogP) is 3.98. The number of alkyl carbamates (subject to hydrolysis) is 1. The molecular weight excluding hydrogens is 534 g/mol. The molecule has 42 heavy (non-hydrogen) atoms. The molecule has 0 heterocycles. The van der Waals surface area contributed by atoms with Crippen LogP contribution < -0.4 is 27.0 Å². The fraction of sp³-hybridized carbons (Fsp3) is 0.500. The zero-order valence-corrected chi connectivity index (χ0v) is 25.3. The summed E-state index contributed by atoms with van der Waals surface area (Å²) in [6.07, 6.45) is 4.42. The van der Waals surface area contributed by atoms with E-state index < -0.39 is 41.1 Å². The van der Waals surface area contributed by atoms with Gasteiger partial charge in [0.25, 0.3) is 0 Å². The molecule has 0 aliphatic rings. The van der Waals surface area contributed by atoms with Crippen LogP contribution in [0.3, 0.4) is 0 Å². The minimum absolute atomic E-state index is 0.191. The highest BCUT2D eigenvalue weighted by Crippen LogP contribution is 2.16. The molecule has 5 amide bonds. The number of unbranched alkanes of at least 4 members (excludes halogenated alkanes) is 4. The van der Waals surface area contributed by atoms with Crippen molar-refractivity contribution in [3.63, 3.8) is 0 Å². The van der Waals surface area contributed by atoms with E-state index in [2.05, 4.69) is 21.3 Å². The van der Waals surface area contributed by atoms with Gasteiger partial charge in [-0.25, -0.2) is 9.59 Å². The predicted molar refractivity (Wildman–Crippen MR) is 164 cm³/mol. The number of carbonyl (C=O) groups excluding carboxylic acids is 4. The lowest BCUT2D eigenvalue weighted by Gasteiger charge is -2.31. The van der Waals surface area contributed by atoms with Gasteiger partial charge in [-0.2, -0.15) is 0 Å². The summed E-state index contributed by atoms with van der Waals surface area (Å²) in [5.74, 6) is -1.08. The van der Waals surface area contributed by atoms with Crippen LogP contribution in [0.15, 0.2) is 60.7 Å². The lowest BCUT2D eigenvalue weighted by molar-refractivity contribution is -0.135. The minimum atomic E-state index is -1.08. The standard InChI is InChI=1S/C32H47N5O5/c1-31(2,3)42-30(41)36-26(22-24-16-10-8-11-17-24)27(38)37-28(39)32(4,23-25-18-12-9-13-19-25)35-21-15-7-5-6-14-20-34-29(33)40/h8-13,16-19,26,35H,5-7,14-15,20-23H2,1-4H3,(H,36,41)(H3,33,34,40)(H,37,38,39)/t26-,32+/m0/s1. The first-order valence-electron chi connectivity index (χ1n) is 14.6. The summed E-state index contributed by atoms with van der Waals surface area (Å²) >= 11 is 0. The molecule has 0 aromatic heterocycles. The number of hydrogen-bond acceptors (Lipinski definition) is 6. The van der Waals surface area contributed by atoms with Crippen LogP contribution in [0.4, 0.5) is 9.59 Å². The molecule has 2 aromatic carbocycles. The van der Waals surface area contributed by atoms with E-state index in [-0.39, 0.29) is 6.42 Å². The van der Waals surface area contributed by atoms with Crippen LogP contribution in [-0.2, 0) is 27.2 Å². The molecule has 0 saturated carbocycles. The molecule has 6 N–H and O–H groups in total. The van der Waals surface area contributed by atoms with Gasteiger partial charge >= 0.3 is 12.1 Å². The summed E-state index contributed by atoms with van der Waals surface area (Å²) in [6, 6.07) is 17.4. The highest BCUT2D eigenvalue weighted by molar-refractivity contribution is 6.02. The number of ether oxygens (including phenoxy) is 1. The number of hydrogen-bond donors (Lipinski definition) is 5. The van der Waals surface area contributed by atoms with Gasteiger partial charge in [-0.05, 0) is 64.6 Å². The Bertz CT molecular complexity index is 1140. The number of amides is 5. The third-order valence-electron chi connectivity index (χ3n) is 6.60. The maximum absolute atomic E-state index is 13.7. The molecule has 2 aromatic rings. The molecule has 0 spiro atoms. The first-order valence-corrected chi connectivity index (χ1v) is 14.6. The van der Waals surface area contributed by atoms with Gasteiger partial charge in [0.15, 0.2) is 0 Å². The Morgan fingerprint density at radius 2 is 1.33 bits per heavy atom. The number of carbonyl (C=O) groups is 4. The molecule has 0 aliphatic carbocycles. The van der Waals surface area contributed by atoms with Crippen molar-refractivity contribution < 1.29 is 23.9 Å². The Hall–Kier alpha value is -3.92. The number of imide groups is 1. The Morgan fingerprint density at radius 1 is 0.786 bits per heavy atom. The molecule has 230 valence electrons. The van der Waals surface area contributed by atoms with E-state index in [0.717, 1.165) is 43.2 Å². The van der Waals surface area contributed by atoms with Crippen molar-refractivity contribution in [2.45, 2.75) is 89.8 Å². The molecule has 0 radical (unpaired) electrons. The SMILES string of the molecule is CC(C)(C)OC(=O)N[C@@H](Cc1ccccc1)C(=O)NC(=O)[C@@](C)(Cc1ccccc1)NCCCCCCCNC(N)=O. The maximum atomic E-state index is 13.7. The van der Waals surface area contributed by atoms with Crippen LogP contribution in [-0.4, -0.2) is 54.2 Å². The normalized spacial score (nSPS) is 13.3. The molecule has 0 unspecified atom stereocenters. The van der Waals surface area contributed by atoms with E-state index in [1.807, 2.05) is 60.7 Å². The van der Waals surface area contributed by atoms with Crippen molar-refractivity contribution in [2.75, 3.05) is 13.1 Å². The van der Waals surface area contributed by atoms with Crippen molar-refractivity contribution in [1.82, 2.24) is 21.3 Å². The topological polar surface area (TPSA) is 152 Å². The zero-order chi connectivity index (χ0) is 31.0. The summed E-state index contributed by atoms with van der Waals surface area (Å²) in [6.45, 7) is 8.14. The highest BCUT2D eigenvalue weighted by atomic mass is 16.6. The van der Waals surface area contributed by atoms with Gasteiger partial charge in [-0.15, -0.1) is 0 Å². The van der Waals surface area contributed by atoms with Gasteiger partial charge in [0.1, 0.15) is 11.6 Å². The first-order chi connectivity index (χ1) is 19.9. The Morgan fingerprint density at radius 3 is 1.90 bits per heavy atom. The van der Waals surface area contributed by atoms with Gasteiger partial charge in [-0.1, -0.05) is 79.9 Å². The molecule has 10 heteroatoms. The average Bonchev–Trinajstić information content (AvgIpc) is 2.91. The zero-order valence-electron chi connectivity index (χ0n) is 25.3. The Balaban J connectivity index is 2.07. The quantitative estimate of drug-likeness (QED) is 0.189. The van der Waals surface area contributed by atoms with Crippen molar-refractivity contribution in [1.29, 1.82) is 0 Å². The second-order valence-corrected chi connectivity index (χ2v) is 11.7. The summed E-state index contributed by atoms with van der Waals surface area (Å²) in [5.41, 5.74) is 5.04. The minimum Gasteiger partial charge on any atom is -0.444 e. The molecule has 2 rings (SSSR count). The summed E-state index contributed by atoms with van der Waals surface area (Å²) in [4.78, 5) is 50.4. The van der Waals surface area contributed by atoms with Crippen LogP contribution >= 0.6 is 0 Å². The van der Waals surface area contributed by atoms with E-state index in [4.69, 9.17) is 10.5 Å². The van der Waals surface area contributed by atoms with Crippen LogP contribution in [0, 0.1) is 0 Å². The molecule has 0 aliphatic heterocycles. The Labute approximate surface area is 249 Å². The van der Waals surface area contributed by atoms with E-state index in [1.165, 1.54) is 0 Å². The van der Waals surface area contributed by atoms with E-state index in [9.17, 15) is 19.2 Å². The molecule has 0 saturated heterocycles. The molecule has 2 atom stereocenters. The van der Waals surface area contributed by atoms with Gasteiger partial charge in [-0.3, -0.25) is 14.9 Å². The van der Waals surface area contributed by atoms with E-state index >= 15 is 0 Å². The maximum Gasteiger partial charge on any atom is 0.408 e. The number of urea groups is 1. The summed E-state index contributed by atoms with van der Waals surface area (Å²) in [7, 11) is 0. The van der Waals surface area contributed by atoms with Gasteiger partial charge in [0.2, 0.25) is 11.8 Å². The van der Waals surface area contributed by atoms with Gasteiger partial charge in [0, 0.05) is 13.0 Å². The second-order valence-electron chi connectivity index (χ2n) is 11.7. The van der Waals surface area contributed by atoms with Crippen molar-refractivity contribution in [3.8, 4) is 0 Å². The fourth-order valence-electron chi connectivity index (χ4n) is 4.43. The van der Waals surface area contributed by atoms with Crippen LogP contribution in [0.1, 0.15) is 70.9 Å². The monoisotopic (exact) mass is 581 g/mol. The van der Waals surface area contributed by atoms with E-state index in [0.29, 0.717) is 19.5 Å². The second kappa shape index (κ2) is 17.1. The lowest BCUT2D eigenvalue weighted by Crippen LogP contribution is -2.60. The molecule has 0 bridgehead atoms. The van der Waals surface area contributed by atoms with Gasteiger partial charge in [0.05, 0.1) is 5.54 Å². The van der Waals surface area contributed by atoms with Crippen LogP contribution in [0.25, 0.3) is 0 Å². The van der Waals surface area contributed by atoms with Crippen LogP contribution in [0.2, 0.25) is 0 Å². The largest absolute Gasteiger partial charge is 0.444 e. The average molecular weight is 582 g/mol. The Kier molecular flexibility index (Phi) is 14.0. The molecule has 0 fully saturated rings. The van der Waals surface area contributed by atoms with E-state index in [1.54, 1.807) is 27.7 Å². The number of rotatable bonds is 16. The first kappa shape index (κ1) is 34.3. The summed E-state index contributed by atoms with van der Waals surface area (Å²) < 4.78 is 5.37. The van der Waals surface area contributed by atoms with Crippen molar-refractivity contribution in [3.05, 3.63) is 71.8 Å². The van der Waals surface area contributed by atoms with Crippen molar-refractivity contribution >= 4 is 23.9 Å².